The number of nitrogens with zero attached hydrogens (tertiary/aromatic N) is 2. The summed E-state index contributed by atoms with van der Waals surface area (Å²) in [6.45, 7) is 2.91. The monoisotopic (exact) mass is 231 g/mol. The zero-order valence-electron chi connectivity index (χ0n) is 10.7. The number of benzene rings is 1. The third kappa shape index (κ3) is 3.22. The van der Waals surface area contributed by atoms with E-state index >= 15 is 0 Å². The molecular formula is C14H21N3. The Morgan fingerprint density at radius 2 is 2.12 bits per heavy atom. The van der Waals surface area contributed by atoms with Crippen molar-refractivity contribution in [3.05, 3.63) is 35.4 Å². The normalized spacial score (nSPS) is 16.0. The minimum absolute atomic E-state index is 0.636. The molecule has 0 amide bonds. The van der Waals surface area contributed by atoms with Gasteiger partial charge in [-0.05, 0) is 37.3 Å². The van der Waals surface area contributed by atoms with Gasteiger partial charge in [-0.2, -0.15) is 0 Å². The second kappa shape index (κ2) is 5.21. The van der Waals surface area contributed by atoms with Crippen molar-refractivity contribution in [2.75, 3.05) is 13.6 Å². The fourth-order valence-electron chi connectivity index (χ4n) is 1.94. The molecule has 0 bridgehead atoms. The van der Waals surface area contributed by atoms with Crippen molar-refractivity contribution in [3.63, 3.8) is 0 Å². The summed E-state index contributed by atoms with van der Waals surface area (Å²) in [5.74, 6) is 0.682. The molecule has 0 radical (unpaired) electrons. The number of hydrogen-bond acceptors (Lipinski definition) is 1. The number of aryl methyl sites for hydroxylation is 1. The first-order chi connectivity index (χ1) is 8.18. The number of aliphatic imine (C=N–C) groups is 1. The average Bonchev–Trinajstić information content (AvgIpc) is 3.14. The Hall–Kier alpha value is -1.51. The van der Waals surface area contributed by atoms with Gasteiger partial charge in [0.15, 0.2) is 5.96 Å². The SMILES string of the molecule is Cc1ccccc1CCN=C(N)N(C)C1CC1. The lowest BCUT2D eigenvalue weighted by Gasteiger charge is -2.16. The molecule has 3 heteroatoms. The molecule has 0 unspecified atom stereocenters. The predicted molar refractivity (Wildman–Crippen MR) is 72.2 cm³/mol. The van der Waals surface area contributed by atoms with Crippen molar-refractivity contribution in [1.29, 1.82) is 0 Å². The molecule has 1 aliphatic rings. The van der Waals surface area contributed by atoms with Crippen LogP contribution in [0.3, 0.4) is 0 Å². The highest BCUT2D eigenvalue weighted by Crippen LogP contribution is 2.24. The molecule has 0 aromatic heterocycles. The number of hydrogen-bond donors (Lipinski definition) is 1. The van der Waals surface area contributed by atoms with Gasteiger partial charge in [0.25, 0.3) is 0 Å². The maximum atomic E-state index is 5.94. The lowest BCUT2D eigenvalue weighted by molar-refractivity contribution is 0.487. The summed E-state index contributed by atoms with van der Waals surface area (Å²) >= 11 is 0. The van der Waals surface area contributed by atoms with Crippen LogP contribution in [0.5, 0.6) is 0 Å². The van der Waals surface area contributed by atoms with Crippen LogP contribution in [0.25, 0.3) is 0 Å². The van der Waals surface area contributed by atoms with Crippen LogP contribution in [0.1, 0.15) is 24.0 Å². The second-order valence-electron chi connectivity index (χ2n) is 4.76. The van der Waals surface area contributed by atoms with E-state index in [-0.39, 0.29) is 0 Å². The molecule has 1 fully saturated rings. The van der Waals surface area contributed by atoms with Crippen molar-refractivity contribution in [2.45, 2.75) is 32.2 Å². The lowest BCUT2D eigenvalue weighted by atomic mass is 10.1. The molecule has 0 spiro atoms. The van der Waals surface area contributed by atoms with Crippen molar-refractivity contribution >= 4 is 5.96 Å². The average molecular weight is 231 g/mol. The van der Waals surface area contributed by atoms with Crippen molar-refractivity contribution in [1.82, 2.24) is 4.90 Å². The standard InChI is InChI=1S/C14H21N3/c1-11-5-3-4-6-12(11)9-10-16-14(15)17(2)13-7-8-13/h3-6,13H,7-10H2,1-2H3,(H2,15,16). The summed E-state index contributed by atoms with van der Waals surface area (Å²) < 4.78 is 0. The lowest BCUT2D eigenvalue weighted by Crippen LogP contribution is -2.35. The number of guanidine groups is 1. The van der Waals surface area contributed by atoms with Gasteiger partial charge in [-0.25, -0.2) is 0 Å². The van der Waals surface area contributed by atoms with E-state index in [0.717, 1.165) is 13.0 Å². The molecule has 92 valence electrons. The van der Waals surface area contributed by atoms with Gasteiger partial charge in [0.2, 0.25) is 0 Å². The Kier molecular flexibility index (Phi) is 3.67. The fraction of sp³-hybridized carbons (Fsp3) is 0.500. The topological polar surface area (TPSA) is 41.6 Å². The van der Waals surface area contributed by atoms with E-state index in [1.807, 2.05) is 7.05 Å². The quantitative estimate of drug-likeness (QED) is 0.635. The van der Waals surface area contributed by atoms with Crippen molar-refractivity contribution in [2.24, 2.45) is 10.7 Å². The predicted octanol–water partition coefficient (Wildman–Crippen LogP) is 1.95. The third-order valence-corrected chi connectivity index (χ3v) is 3.37. The second-order valence-corrected chi connectivity index (χ2v) is 4.76. The van der Waals surface area contributed by atoms with E-state index in [2.05, 4.69) is 41.1 Å². The summed E-state index contributed by atoms with van der Waals surface area (Å²) in [6.07, 6.45) is 3.47. The first-order valence-corrected chi connectivity index (χ1v) is 6.25. The van der Waals surface area contributed by atoms with E-state index in [9.17, 15) is 0 Å². The third-order valence-electron chi connectivity index (χ3n) is 3.37. The zero-order chi connectivity index (χ0) is 12.3. The van der Waals surface area contributed by atoms with Gasteiger partial charge in [0.05, 0.1) is 0 Å². The van der Waals surface area contributed by atoms with Crippen LogP contribution in [0, 0.1) is 6.92 Å². The molecule has 1 saturated carbocycles. The Morgan fingerprint density at radius 3 is 2.76 bits per heavy atom. The van der Waals surface area contributed by atoms with Gasteiger partial charge in [0, 0.05) is 19.6 Å². The molecular weight excluding hydrogens is 210 g/mol. The van der Waals surface area contributed by atoms with Crippen molar-refractivity contribution in [3.8, 4) is 0 Å². The van der Waals surface area contributed by atoms with Gasteiger partial charge >= 0.3 is 0 Å². The van der Waals surface area contributed by atoms with Crippen molar-refractivity contribution < 1.29 is 0 Å². The van der Waals surface area contributed by atoms with Crippen LogP contribution in [0.15, 0.2) is 29.3 Å². The maximum Gasteiger partial charge on any atom is 0.191 e. The molecule has 2 rings (SSSR count). The Labute approximate surface area is 103 Å². The Balaban J connectivity index is 1.86. The summed E-state index contributed by atoms with van der Waals surface area (Å²) in [4.78, 5) is 6.54. The van der Waals surface area contributed by atoms with Gasteiger partial charge in [0.1, 0.15) is 0 Å². The van der Waals surface area contributed by atoms with Crippen LogP contribution in [-0.2, 0) is 6.42 Å². The number of rotatable bonds is 4. The summed E-state index contributed by atoms with van der Waals surface area (Å²) in [5.41, 5.74) is 8.63. The van der Waals surface area contributed by atoms with E-state index in [1.165, 1.54) is 24.0 Å². The van der Waals surface area contributed by atoms with E-state index in [4.69, 9.17) is 5.73 Å². The van der Waals surface area contributed by atoms with Gasteiger partial charge in [-0.1, -0.05) is 24.3 Å². The summed E-state index contributed by atoms with van der Waals surface area (Å²) in [5, 5.41) is 0. The highest BCUT2D eigenvalue weighted by Gasteiger charge is 2.27. The van der Waals surface area contributed by atoms with E-state index < -0.39 is 0 Å². The molecule has 3 nitrogen and oxygen atoms in total. The first kappa shape index (κ1) is 12.0. The fourth-order valence-corrected chi connectivity index (χ4v) is 1.94. The molecule has 1 aromatic rings. The molecule has 17 heavy (non-hydrogen) atoms. The van der Waals surface area contributed by atoms with Crippen LogP contribution < -0.4 is 5.73 Å². The highest BCUT2D eigenvalue weighted by molar-refractivity contribution is 5.78. The van der Waals surface area contributed by atoms with Crippen LogP contribution >= 0.6 is 0 Å². The smallest absolute Gasteiger partial charge is 0.191 e. The maximum absolute atomic E-state index is 5.94. The van der Waals surface area contributed by atoms with Crippen LogP contribution in [-0.4, -0.2) is 30.5 Å². The Morgan fingerprint density at radius 1 is 1.41 bits per heavy atom. The van der Waals surface area contributed by atoms with Gasteiger partial charge in [-0.15, -0.1) is 0 Å². The van der Waals surface area contributed by atoms with E-state index in [1.54, 1.807) is 0 Å². The minimum atomic E-state index is 0.636. The molecule has 1 aliphatic carbocycles. The molecule has 0 aliphatic heterocycles. The van der Waals surface area contributed by atoms with Crippen LogP contribution in [0.4, 0.5) is 0 Å². The highest BCUT2D eigenvalue weighted by atomic mass is 15.3. The first-order valence-electron chi connectivity index (χ1n) is 6.25. The van der Waals surface area contributed by atoms with Gasteiger partial charge in [-0.3, -0.25) is 4.99 Å². The largest absolute Gasteiger partial charge is 0.370 e. The number of nitrogens with two attached hydrogens (primary N) is 1. The molecule has 0 saturated heterocycles. The summed E-state index contributed by atoms with van der Waals surface area (Å²) in [6, 6.07) is 9.07. The van der Waals surface area contributed by atoms with Gasteiger partial charge < -0.3 is 10.6 Å². The summed E-state index contributed by atoms with van der Waals surface area (Å²) in [7, 11) is 2.03. The molecule has 2 N–H and O–H groups in total. The van der Waals surface area contributed by atoms with E-state index in [0.29, 0.717) is 12.0 Å². The molecule has 1 aromatic carbocycles. The zero-order valence-corrected chi connectivity index (χ0v) is 10.7. The minimum Gasteiger partial charge on any atom is -0.370 e. The Bertz CT molecular complexity index is 408. The molecule has 0 atom stereocenters. The molecule has 0 heterocycles. The van der Waals surface area contributed by atoms with Crippen LogP contribution in [0.2, 0.25) is 0 Å².